The molecule has 3 unspecified atom stereocenters. The van der Waals surface area contributed by atoms with Crippen molar-refractivity contribution in [3.63, 3.8) is 0 Å². The van der Waals surface area contributed by atoms with Crippen molar-refractivity contribution in [2.75, 3.05) is 0 Å². The Morgan fingerprint density at radius 1 is 1.32 bits per heavy atom. The fourth-order valence-corrected chi connectivity index (χ4v) is 7.03. The summed E-state index contributed by atoms with van der Waals surface area (Å²) >= 11 is 6.93. The van der Waals surface area contributed by atoms with Gasteiger partial charge in [-0.25, -0.2) is 0 Å². The molecule has 2 fully saturated rings. The van der Waals surface area contributed by atoms with E-state index < -0.39 is 0 Å². The molecule has 4 aliphatic carbocycles. The van der Waals surface area contributed by atoms with E-state index in [2.05, 4.69) is 19.9 Å². The average molecular weight is 361 g/mol. The first-order valence-electron chi connectivity index (χ1n) is 9.92. The predicted molar refractivity (Wildman–Crippen MR) is 100 cm³/mol. The molecule has 6 atom stereocenters. The molecule has 0 spiro atoms. The van der Waals surface area contributed by atoms with E-state index in [1.807, 2.05) is 13.0 Å². The Morgan fingerprint density at radius 3 is 2.80 bits per heavy atom. The third kappa shape index (κ3) is 2.36. The lowest BCUT2D eigenvalue weighted by molar-refractivity contribution is -0.126. The summed E-state index contributed by atoms with van der Waals surface area (Å²) in [6.07, 6.45) is 10.5. The summed E-state index contributed by atoms with van der Waals surface area (Å²) in [4.78, 5) is 24.5. The van der Waals surface area contributed by atoms with Gasteiger partial charge in [-0.1, -0.05) is 38.0 Å². The fraction of sp³-hybridized carbons (Fsp3) is 0.727. The number of ketones is 2. The Bertz CT molecular complexity index is 690. The lowest BCUT2D eigenvalue weighted by Gasteiger charge is -2.55. The molecule has 0 N–H and O–H groups in total. The molecule has 0 aromatic heterocycles. The van der Waals surface area contributed by atoms with Crippen molar-refractivity contribution in [1.29, 1.82) is 0 Å². The second-order valence-electron chi connectivity index (χ2n) is 9.14. The highest BCUT2D eigenvalue weighted by molar-refractivity contribution is 6.21. The van der Waals surface area contributed by atoms with Gasteiger partial charge in [0, 0.05) is 35.5 Å². The van der Waals surface area contributed by atoms with Crippen molar-refractivity contribution in [3.05, 3.63) is 23.3 Å². The summed E-state index contributed by atoms with van der Waals surface area (Å²) in [5.41, 5.74) is 2.80. The zero-order chi connectivity index (χ0) is 18.0. The van der Waals surface area contributed by atoms with E-state index in [-0.39, 0.29) is 27.9 Å². The lowest BCUT2D eigenvalue weighted by Crippen LogP contribution is -2.49. The second-order valence-corrected chi connectivity index (χ2v) is 9.70. The Balaban J connectivity index is 1.76. The number of hydrogen-bond acceptors (Lipinski definition) is 2. The number of carbonyl (C=O) groups is 2. The highest BCUT2D eigenvalue weighted by Gasteiger charge is 2.59. The molecule has 2 nitrogen and oxygen atoms in total. The van der Waals surface area contributed by atoms with Crippen LogP contribution in [0.2, 0.25) is 0 Å². The van der Waals surface area contributed by atoms with Crippen molar-refractivity contribution in [2.45, 2.75) is 71.1 Å². The van der Waals surface area contributed by atoms with Crippen LogP contribution in [0, 0.1) is 28.6 Å². The maximum absolute atomic E-state index is 12.5. The molecule has 0 amide bonds. The summed E-state index contributed by atoms with van der Waals surface area (Å²) in [5.74, 6) is 1.75. The number of rotatable bonds is 2. The van der Waals surface area contributed by atoms with Gasteiger partial charge in [0.05, 0.1) is 0 Å². The maximum Gasteiger partial charge on any atom is 0.155 e. The number of fused-ring (bicyclic) bond motifs is 5. The number of Topliss-reactive ketones (excluding diaryl/α,β-unsaturated/α-hetero) is 1. The van der Waals surface area contributed by atoms with Crippen molar-refractivity contribution >= 4 is 23.2 Å². The normalized spacial score (nSPS) is 45.8. The van der Waals surface area contributed by atoms with E-state index in [0.29, 0.717) is 30.5 Å². The van der Waals surface area contributed by atoms with Crippen molar-refractivity contribution in [1.82, 2.24) is 0 Å². The molecule has 2 saturated carbocycles. The van der Waals surface area contributed by atoms with Gasteiger partial charge >= 0.3 is 0 Å². The van der Waals surface area contributed by atoms with Crippen LogP contribution in [0.5, 0.6) is 0 Å². The zero-order valence-electron chi connectivity index (χ0n) is 15.6. The first-order chi connectivity index (χ1) is 11.8. The summed E-state index contributed by atoms with van der Waals surface area (Å²) in [6.45, 7) is 6.64. The molecule has 0 aromatic rings. The van der Waals surface area contributed by atoms with Crippen molar-refractivity contribution in [2.24, 2.45) is 28.6 Å². The predicted octanol–water partition coefficient (Wildman–Crippen LogP) is 5.25. The Morgan fingerprint density at radius 2 is 2.08 bits per heavy atom. The summed E-state index contributed by atoms with van der Waals surface area (Å²) in [5, 5.41) is 0.0524. The third-order valence-corrected chi connectivity index (χ3v) is 8.48. The molecule has 0 heterocycles. The summed E-state index contributed by atoms with van der Waals surface area (Å²) in [7, 11) is 0. The van der Waals surface area contributed by atoms with Crippen molar-refractivity contribution < 1.29 is 9.59 Å². The molecule has 0 bridgehead atoms. The van der Waals surface area contributed by atoms with Gasteiger partial charge in [0.2, 0.25) is 0 Å². The van der Waals surface area contributed by atoms with E-state index in [9.17, 15) is 9.59 Å². The zero-order valence-corrected chi connectivity index (χ0v) is 16.4. The van der Waals surface area contributed by atoms with Gasteiger partial charge in [-0.2, -0.15) is 0 Å². The largest absolute Gasteiger partial charge is 0.299 e. The topological polar surface area (TPSA) is 34.1 Å². The molecule has 4 aliphatic rings. The number of hydrogen-bond donors (Lipinski definition) is 0. The Hall–Kier alpha value is -0.890. The van der Waals surface area contributed by atoms with E-state index >= 15 is 0 Å². The van der Waals surface area contributed by atoms with Crippen molar-refractivity contribution in [3.8, 4) is 0 Å². The van der Waals surface area contributed by atoms with Crippen LogP contribution in [0.25, 0.3) is 0 Å². The molecule has 25 heavy (non-hydrogen) atoms. The Kier molecular flexibility index (Phi) is 4.07. The molecular weight excluding hydrogens is 332 g/mol. The molecule has 0 aromatic carbocycles. The number of carbonyl (C=O) groups excluding carboxylic acids is 2. The fourth-order valence-electron chi connectivity index (χ4n) is 6.56. The van der Waals surface area contributed by atoms with Crippen LogP contribution in [-0.2, 0) is 9.59 Å². The van der Waals surface area contributed by atoms with Gasteiger partial charge in [-0.3, -0.25) is 9.59 Å². The first kappa shape index (κ1) is 17.5. The molecule has 0 aliphatic heterocycles. The van der Waals surface area contributed by atoms with Crippen LogP contribution in [-0.4, -0.2) is 16.9 Å². The molecule has 136 valence electrons. The smallest absolute Gasteiger partial charge is 0.155 e. The van der Waals surface area contributed by atoms with Crippen LogP contribution in [0.3, 0.4) is 0 Å². The molecule has 3 heteroatoms. The monoisotopic (exact) mass is 360 g/mol. The molecule has 0 saturated heterocycles. The van der Waals surface area contributed by atoms with E-state index in [4.69, 9.17) is 11.6 Å². The number of halogens is 1. The van der Waals surface area contributed by atoms with Gasteiger partial charge in [0.25, 0.3) is 0 Å². The molecule has 4 rings (SSSR count). The van der Waals surface area contributed by atoms with Gasteiger partial charge in [-0.15, -0.1) is 11.6 Å². The lowest BCUT2D eigenvalue weighted by atomic mass is 9.51. The minimum Gasteiger partial charge on any atom is -0.299 e. The number of alkyl halides is 1. The molecule has 0 radical (unpaired) electrons. The van der Waals surface area contributed by atoms with Crippen LogP contribution < -0.4 is 0 Å². The SMILES string of the molecule is CCC(=O)[C@H]1CCC2C3C(=CC[C@@]21C)[C@@]1(C)CCC(=O)C=C1CC3Cl. The average Bonchev–Trinajstić information content (AvgIpc) is 2.93. The Labute approximate surface area is 156 Å². The van der Waals surface area contributed by atoms with Gasteiger partial charge in [-0.05, 0) is 49.5 Å². The highest BCUT2D eigenvalue weighted by Crippen LogP contribution is 2.65. The quantitative estimate of drug-likeness (QED) is 0.497. The second kappa shape index (κ2) is 5.81. The first-order valence-corrected chi connectivity index (χ1v) is 10.4. The van der Waals surface area contributed by atoms with Gasteiger partial charge in [0.15, 0.2) is 5.78 Å². The summed E-state index contributed by atoms with van der Waals surface area (Å²) < 4.78 is 0. The third-order valence-electron chi connectivity index (χ3n) is 8.06. The number of allylic oxidation sites excluding steroid dienone is 4. The molecular formula is C22H29ClO2. The van der Waals surface area contributed by atoms with Crippen LogP contribution >= 0.6 is 11.6 Å². The van der Waals surface area contributed by atoms with Gasteiger partial charge in [0.1, 0.15) is 5.78 Å². The summed E-state index contributed by atoms with van der Waals surface area (Å²) in [6, 6.07) is 0. The van der Waals surface area contributed by atoms with Gasteiger partial charge < -0.3 is 0 Å². The minimum atomic E-state index is 0.0121. The van der Waals surface area contributed by atoms with E-state index in [1.165, 1.54) is 11.1 Å². The standard InChI is InChI=1S/C22H29ClO2/c1-4-19(25)15-5-6-16-20-17(8-10-22(15,16)3)21(2)9-7-14(24)11-13(21)12-18(20)23/h8,11,15-16,18,20H,4-7,9-10,12H2,1-3H3/t15-,16?,18?,20?,21+,22-/m1/s1. The highest BCUT2D eigenvalue weighted by atomic mass is 35.5. The minimum absolute atomic E-state index is 0.0121. The van der Waals surface area contributed by atoms with E-state index in [0.717, 1.165) is 32.1 Å². The van der Waals surface area contributed by atoms with Crippen LogP contribution in [0.1, 0.15) is 65.7 Å². The van der Waals surface area contributed by atoms with Crippen LogP contribution in [0.15, 0.2) is 23.3 Å². The maximum atomic E-state index is 12.5. The van der Waals surface area contributed by atoms with E-state index in [1.54, 1.807) is 0 Å². The van der Waals surface area contributed by atoms with Crippen LogP contribution in [0.4, 0.5) is 0 Å².